The third-order valence-corrected chi connectivity index (χ3v) is 5.43. The van der Waals surface area contributed by atoms with Crippen molar-refractivity contribution in [2.75, 3.05) is 32.8 Å². The van der Waals surface area contributed by atoms with Gasteiger partial charge in [-0.15, -0.1) is 0 Å². The number of nitrogens with one attached hydrogen (secondary N) is 1. The Balaban J connectivity index is 2.03. The van der Waals surface area contributed by atoms with Crippen molar-refractivity contribution in [2.45, 2.75) is 71.9 Å². The molecule has 2 aliphatic rings. The van der Waals surface area contributed by atoms with Gasteiger partial charge >= 0.3 is 0 Å². The zero-order valence-corrected chi connectivity index (χ0v) is 14.7. The van der Waals surface area contributed by atoms with Gasteiger partial charge in [-0.2, -0.15) is 0 Å². The van der Waals surface area contributed by atoms with Crippen LogP contribution in [-0.4, -0.2) is 49.8 Å². The quantitative estimate of drug-likeness (QED) is 0.814. The van der Waals surface area contributed by atoms with E-state index in [-0.39, 0.29) is 0 Å². The van der Waals surface area contributed by atoms with E-state index < -0.39 is 0 Å². The van der Waals surface area contributed by atoms with E-state index in [1.54, 1.807) is 0 Å². The average Bonchev–Trinajstić information content (AvgIpc) is 2.46. The molecule has 1 aliphatic carbocycles. The number of ether oxygens (including phenoxy) is 1. The lowest BCUT2D eigenvalue weighted by Gasteiger charge is -2.47. The van der Waals surface area contributed by atoms with Gasteiger partial charge in [0.25, 0.3) is 0 Å². The summed E-state index contributed by atoms with van der Waals surface area (Å²) < 4.78 is 5.69. The third-order valence-electron chi connectivity index (χ3n) is 5.43. The Morgan fingerprint density at radius 2 is 2.19 bits per heavy atom. The van der Waals surface area contributed by atoms with E-state index in [1.165, 1.54) is 45.2 Å². The smallest absolute Gasteiger partial charge is 0.0622 e. The molecule has 2 fully saturated rings. The molecule has 0 aromatic heterocycles. The summed E-state index contributed by atoms with van der Waals surface area (Å²) in [6.45, 7) is 14.7. The lowest BCUT2D eigenvalue weighted by molar-refractivity contribution is -0.0379. The van der Waals surface area contributed by atoms with E-state index in [0.29, 0.717) is 17.5 Å². The minimum absolute atomic E-state index is 0.479. The van der Waals surface area contributed by atoms with Gasteiger partial charge < -0.3 is 10.1 Å². The topological polar surface area (TPSA) is 24.5 Å². The first-order chi connectivity index (χ1) is 10.0. The van der Waals surface area contributed by atoms with Crippen molar-refractivity contribution >= 4 is 0 Å². The average molecular weight is 296 g/mol. The maximum atomic E-state index is 5.69. The standard InChI is InChI=1S/C18H36N2O/c1-5-17-12-21-10-9-20(17)14-18(13-19-15(2)3)8-6-7-16(4)11-18/h15-17,19H,5-14H2,1-4H3. The maximum Gasteiger partial charge on any atom is 0.0622 e. The number of hydrogen-bond acceptors (Lipinski definition) is 3. The van der Waals surface area contributed by atoms with Gasteiger partial charge in [-0.25, -0.2) is 0 Å². The van der Waals surface area contributed by atoms with Crippen LogP contribution < -0.4 is 5.32 Å². The number of hydrogen-bond donors (Lipinski definition) is 1. The van der Waals surface area contributed by atoms with Crippen LogP contribution in [0.3, 0.4) is 0 Å². The molecule has 0 bridgehead atoms. The second-order valence-corrected chi connectivity index (χ2v) is 7.84. The van der Waals surface area contributed by atoms with E-state index in [9.17, 15) is 0 Å². The van der Waals surface area contributed by atoms with Crippen LogP contribution in [0.15, 0.2) is 0 Å². The third kappa shape index (κ3) is 4.94. The summed E-state index contributed by atoms with van der Waals surface area (Å²) in [7, 11) is 0. The Morgan fingerprint density at radius 3 is 2.86 bits per heavy atom. The van der Waals surface area contributed by atoms with Crippen molar-refractivity contribution in [1.29, 1.82) is 0 Å². The van der Waals surface area contributed by atoms with Crippen LogP contribution in [0.4, 0.5) is 0 Å². The fourth-order valence-corrected chi connectivity index (χ4v) is 4.25. The van der Waals surface area contributed by atoms with Crippen LogP contribution in [0.25, 0.3) is 0 Å². The molecule has 3 nitrogen and oxygen atoms in total. The summed E-state index contributed by atoms with van der Waals surface area (Å²) in [6, 6.07) is 1.22. The second-order valence-electron chi connectivity index (χ2n) is 7.84. The lowest BCUT2D eigenvalue weighted by Crippen LogP contribution is -2.53. The van der Waals surface area contributed by atoms with Crippen LogP contribution in [0, 0.1) is 11.3 Å². The highest BCUT2D eigenvalue weighted by molar-refractivity contribution is 4.92. The van der Waals surface area contributed by atoms with Crippen molar-refractivity contribution in [3.05, 3.63) is 0 Å². The zero-order valence-electron chi connectivity index (χ0n) is 14.7. The molecule has 2 rings (SSSR count). The van der Waals surface area contributed by atoms with E-state index in [2.05, 4.69) is 37.9 Å². The van der Waals surface area contributed by atoms with Crippen molar-refractivity contribution in [2.24, 2.45) is 11.3 Å². The molecule has 124 valence electrons. The van der Waals surface area contributed by atoms with E-state index in [0.717, 1.165) is 25.7 Å². The minimum Gasteiger partial charge on any atom is -0.378 e. The van der Waals surface area contributed by atoms with Crippen LogP contribution in [0.2, 0.25) is 0 Å². The monoisotopic (exact) mass is 296 g/mol. The highest BCUT2D eigenvalue weighted by Crippen LogP contribution is 2.40. The number of nitrogens with zero attached hydrogens (tertiary/aromatic N) is 1. The summed E-state index contributed by atoms with van der Waals surface area (Å²) in [5, 5.41) is 3.74. The molecule has 0 amide bonds. The van der Waals surface area contributed by atoms with Gasteiger partial charge in [0.05, 0.1) is 13.2 Å². The molecule has 3 heteroatoms. The highest BCUT2D eigenvalue weighted by atomic mass is 16.5. The molecule has 0 aromatic carbocycles. The first-order valence-electron chi connectivity index (χ1n) is 9.10. The molecule has 3 unspecified atom stereocenters. The summed E-state index contributed by atoms with van der Waals surface area (Å²) in [4.78, 5) is 2.73. The normalized spacial score (nSPS) is 35.3. The Bertz CT molecular complexity index is 308. The van der Waals surface area contributed by atoms with Gasteiger partial charge in [0.15, 0.2) is 0 Å². The Kier molecular flexibility index (Phi) is 6.51. The Morgan fingerprint density at radius 1 is 1.38 bits per heavy atom. The molecule has 0 radical (unpaired) electrons. The molecule has 21 heavy (non-hydrogen) atoms. The molecule has 0 aromatic rings. The van der Waals surface area contributed by atoms with Crippen LogP contribution >= 0.6 is 0 Å². The van der Waals surface area contributed by atoms with Gasteiger partial charge in [0, 0.05) is 31.7 Å². The lowest BCUT2D eigenvalue weighted by atomic mass is 9.69. The van der Waals surface area contributed by atoms with Crippen LogP contribution in [0.1, 0.15) is 59.8 Å². The minimum atomic E-state index is 0.479. The van der Waals surface area contributed by atoms with Crippen molar-refractivity contribution in [1.82, 2.24) is 10.2 Å². The molecule has 1 saturated heterocycles. The van der Waals surface area contributed by atoms with E-state index >= 15 is 0 Å². The zero-order chi connectivity index (χ0) is 15.3. The van der Waals surface area contributed by atoms with Gasteiger partial charge in [0.1, 0.15) is 0 Å². The fourth-order valence-electron chi connectivity index (χ4n) is 4.25. The SMILES string of the molecule is CCC1COCCN1CC1(CNC(C)C)CCCC(C)C1. The predicted molar refractivity (Wildman–Crippen MR) is 89.7 cm³/mol. The first kappa shape index (κ1) is 17.2. The van der Waals surface area contributed by atoms with Gasteiger partial charge in [-0.3, -0.25) is 4.90 Å². The van der Waals surface area contributed by atoms with Gasteiger partial charge in [-0.1, -0.05) is 40.5 Å². The molecule has 1 heterocycles. The molecule has 0 spiro atoms. The summed E-state index contributed by atoms with van der Waals surface area (Å²) in [6.07, 6.45) is 6.82. The largest absolute Gasteiger partial charge is 0.378 e. The maximum absolute atomic E-state index is 5.69. The predicted octanol–water partition coefficient (Wildman–Crippen LogP) is 3.29. The van der Waals surface area contributed by atoms with E-state index in [4.69, 9.17) is 4.74 Å². The molecular formula is C18H36N2O. The molecule has 1 saturated carbocycles. The van der Waals surface area contributed by atoms with Gasteiger partial charge in [-0.05, 0) is 30.6 Å². The molecular weight excluding hydrogens is 260 g/mol. The molecule has 1 N–H and O–H groups in total. The van der Waals surface area contributed by atoms with Crippen molar-refractivity contribution < 1.29 is 4.74 Å². The van der Waals surface area contributed by atoms with Crippen molar-refractivity contribution in [3.8, 4) is 0 Å². The van der Waals surface area contributed by atoms with Gasteiger partial charge in [0.2, 0.25) is 0 Å². The van der Waals surface area contributed by atoms with Crippen molar-refractivity contribution in [3.63, 3.8) is 0 Å². The summed E-state index contributed by atoms with van der Waals surface area (Å²) in [5.41, 5.74) is 0.479. The van der Waals surface area contributed by atoms with Crippen LogP contribution in [-0.2, 0) is 4.74 Å². The Hall–Kier alpha value is -0.120. The summed E-state index contributed by atoms with van der Waals surface area (Å²) in [5.74, 6) is 0.883. The first-order valence-corrected chi connectivity index (χ1v) is 9.10. The highest BCUT2D eigenvalue weighted by Gasteiger charge is 2.38. The molecule has 1 aliphatic heterocycles. The van der Waals surface area contributed by atoms with Crippen LogP contribution in [0.5, 0.6) is 0 Å². The van der Waals surface area contributed by atoms with E-state index in [1.807, 2.05) is 0 Å². The molecule has 3 atom stereocenters. The number of morpholine rings is 1. The fraction of sp³-hybridized carbons (Fsp3) is 1.00. The number of rotatable bonds is 6. The summed E-state index contributed by atoms with van der Waals surface area (Å²) >= 11 is 0. The second kappa shape index (κ2) is 7.94. The Labute approximate surface area is 131 Å².